The van der Waals surface area contributed by atoms with E-state index < -0.39 is 40.5 Å². The molecule has 75 heavy (non-hydrogen) atoms. The van der Waals surface area contributed by atoms with Gasteiger partial charge >= 0.3 is 6.09 Å². The summed E-state index contributed by atoms with van der Waals surface area (Å²) in [6.45, 7) is 4.20. The van der Waals surface area contributed by atoms with Gasteiger partial charge in [0.15, 0.2) is 0 Å². The number of halogens is 1. The molecule has 16 nitrogen and oxygen atoms in total. The molecule has 2 fully saturated rings. The Balaban J connectivity index is 1.29. The standard InChI is InChI=1S/C58H69FN4O12/c1-4-31-72-58-53(62(36-39-15-20-42(59)21-16-39)54(66)28-19-38-11-5-6-12-38)35-50(61-73-37-40-17-22-43(23-18-40)63(68)69)47-32-41(13-7-9-29-64)46(14-8-10-30-65)55(56(47)58)48-33-45(25-27-51(48)75-58)74-57(67)60-49-26-24-44(70-2)34-52(49)71-3/h4,15-18,20-27,32-34,38,41,46,53,55-56,64-65H,1,5-14,19,28-31,35-37H2,2-3H3,(H,60,67)/t41-,46+,53-,55+,56+,58+/m0/s1. The van der Waals surface area contributed by atoms with Crippen LogP contribution in [0.3, 0.4) is 0 Å². The molecule has 400 valence electrons. The Morgan fingerprint density at radius 1 is 0.920 bits per heavy atom. The van der Waals surface area contributed by atoms with Gasteiger partial charge in [0.05, 0.1) is 43.1 Å². The van der Waals surface area contributed by atoms with Gasteiger partial charge in [0.2, 0.25) is 11.7 Å². The van der Waals surface area contributed by atoms with Crippen molar-refractivity contribution >= 4 is 29.1 Å². The molecule has 0 saturated heterocycles. The molecule has 6 atom stereocenters. The monoisotopic (exact) mass is 1030 g/mol. The molecule has 0 spiro atoms. The lowest BCUT2D eigenvalue weighted by atomic mass is 9.55. The molecular weight excluding hydrogens is 964 g/mol. The highest BCUT2D eigenvalue weighted by Crippen LogP contribution is 2.62. The van der Waals surface area contributed by atoms with Crippen LogP contribution in [0.4, 0.5) is 20.6 Å². The van der Waals surface area contributed by atoms with E-state index in [2.05, 4.69) is 18.0 Å². The zero-order valence-corrected chi connectivity index (χ0v) is 42.8. The number of oxime groups is 1. The number of unbranched alkanes of at least 4 members (excludes halogenated alkanes) is 2. The molecular formula is C58H69FN4O12. The lowest BCUT2D eigenvalue weighted by Crippen LogP contribution is -2.70. The molecule has 2 saturated carbocycles. The summed E-state index contributed by atoms with van der Waals surface area (Å²) in [4.78, 5) is 48.1. The van der Waals surface area contributed by atoms with Crippen LogP contribution in [0.25, 0.3) is 0 Å². The minimum Gasteiger partial charge on any atom is -0.497 e. The van der Waals surface area contributed by atoms with E-state index in [4.69, 9.17) is 33.7 Å². The van der Waals surface area contributed by atoms with Crippen LogP contribution in [-0.4, -0.2) is 83.6 Å². The number of nitro groups is 1. The van der Waals surface area contributed by atoms with E-state index >= 15 is 4.79 Å². The molecule has 4 aromatic rings. The van der Waals surface area contributed by atoms with E-state index in [9.17, 15) is 29.5 Å². The summed E-state index contributed by atoms with van der Waals surface area (Å²) in [5, 5.41) is 39.3. The minimum absolute atomic E-state index is 0.00153. The first-order valence-electron chi connectivity index (χ1n) is 26.2. The van der Waals surface area contributed by atoms with Crippen molar-refractivity contribution in [1.29, 1.82) is 0 Å². The summed E-state index contributed by atoms with van der Waals surface area (Å²) in [5.74, 6) is -1.43. The van der Waals surface area contributed by atoms with E-state index in [0.29, 0.717) is 90.6 Å². The van der Waals surface area contributed by atoms with Crippen molar-refractivity contribution < 1.29 is 57.6 Å². The molecule has 3 N–H and O–H groups in total. The number of nitrogens with zero attached hydrogens (tertiary/aromatic N) is 3. The number of allylic oxidation sites excluding steroid dienone is 1. The van der Waals surface area contributed by atoms with Crippen LogP contribution in [0.2, 0.25) is 0 Å². The number of rotatable bonds is 25. The number of nitrogens with one attached hydrogen (secondary N) is 1. The van der Waals surface area contributed by atoms with Gasteiger partial charge in [0.25, 0.3) is 5.69 Å². The number of ether oxygens (including phenoxy) is 5. The number of carbonyl (C=O) groups excluding carboxylic acids is 2. The summed E-state index contributed by atoms with van der Waals surface area (Å²) < 4.78 is 46.1. The van der Waals surface area contributed by atoms with Gasteiger partial charge < -0.3 is 43.6 Å². The molecule has 4 aromatic carbocycles. The van der Waals surface area contributed by atoms with Crippen molar-refractivity contribution in [2.24, 2.45) is 28.8 Å². The number of methoxy groups -OCH3 is 2. The molecule has 0 radical (unpaired) electrons. The molecule has 1 aliphatic heterocycles. The Hall–Kier alpha value is -6.82. The Kier molecular flexibility index (Phi) is 18.6. The Morgan fingerprint density at radius 3 is 2.33 bits per heavy atom. The van der Waals surface area contributed by atoms with Gasteiger partial charge in [-0.15, -0.1) is 6.58 Å². The smallest absolute Gasteiger partial charge is 0.417 e. The highest BCUT2D eigenvalue weighted by atomic mass is 19.1. The summed E-state index contributed by atoms with van der Waals surface area (Å²) in [6.07, 6.45) is 12.5. The number of carbonyl (C=O) groups is 2. The second kappa shape index (κ2) is 25.6. The fourth-order valence-electron chi connectivity index (χ4n) is 11.7. The maximum absolute atomic E-state index is 15.3. The zero-order valence-electron chi connectivity index (χ0n) is 42.8. The topological polar surface area (TPSA) is 201 Å². The normalized spacial score (nSPS) is 22.2. The Morgan fingerprint density at radius 2 is 1.64 bits per heavy atom. The third-order valence-corrected chi connectivity index (χ3v) is 15.3. The van der Waals surface area contributed by atoms with Gasteiger partial charge in [0, 0.05) is 62.3 Å². The molecule has 0 unspecified atom stereocenters. The van der Waals surface area contributed by atoms with Crippen molar-refractivity contribution in [1.82, 2.24) is 4.90 Å². The van der Waals surface area contributed by atoms with E-state index in [0.717, 1.165) is 36.8 Å². The van der Waals surface area contributed by atoms with Gasteiger partial charge in [-0.3, -0.25) is 20.2 Å². The molecule has 0 aromatic heterocycles. The van der Waals surface area contributed by atoms with Crippen LogP contribution < -0.4 is 24.3 Å². The van der Waals surface area contributed by atoms with E-state index in [1.54, 1.807) is 60.7 Å². The predicted molar refractivity (Wildman–Crippen MR) is 280 cm³/mol. The Bertz CT molecular complexity index is 2670. The highest BCUT2D eigenvalue weighted by molar-refractivity contribution is 6.03. The van der Waals surface area contributed by atoms with Crippen LogP contribution in [0, 0.1) is 39.6 Å². The maximum atomic E-state index is 15.3. The maximum Gasteiger partial charge on any atom is 0.417 e. The fourth-order valence-corrected chi connectivity index (χ4v) is 11.7. The van der Waals surface area contributed by atoms with Crippen LogP contribution in [-0.2, 0) is 27.5 Å². The van der Waals surface area contributed by atoms with Gasteiger partial charge in [-0.25, -0.2) is 9.18 Å². The van der Waals surface area contributed by atoms with Crippen molar-refractivity contribution in [3.63, 3.8) is 0 Å². The van der Waals surface area contributed by atoms with Crippen LogP contribution in [0.1, 0.15) is 106 Å². The van der Waals surface area contributed by atoms with Crippen molar-refractivity contribution in [2.75, 3.05) is 39.4 Å². The number of amides is 2. The molecule has 1 heterocycles. The molecule has 0 bridgehead atoms. The predicted octanol–water partition coefficient (Wildman–Crippen LogP) is 11.2. The van der Waals surface area contributed by atoms with Gasteiger partial charge in [-0.05, 0) is 121 Å². The molecule has 4 aliphatic rings. The molecule has 2 amide bonds. The summed E-state index contributed by atoms with van der Waals surface area (Å²) in [7, 11) is 3.02. The van der Waals surface area contributed by atoms with Gasteiger partial charge in [-0.2, -0.15) is 0 Å². The number of nitro benzene ring substituents is 1. The number of hydrogen-bond donors (Lipinski definition) is 3. The van der Waals surface area contributed by atoms with E-state index in [1.165, 1.54) is 38.5 Å². The number of benzene rings is 4. The van der Waals surface area contributed by atoms with E-state index in [1.807, 2.05) is 11.0 Å². The number of non-ortho nitro benzene ring substituents is 1. The van der Waals surface area contributed by atoms with Gasteiger partial charge in [-0.1, -0.05) is 68.0 Å². The van der Waals surface area contributed by atoms with Crippen molar-refractivity contribution in [3.8, 4) is 23.0 Å². The zero-order chi connectivity index (χ0) is 52.9. The fraction of sp³-hybridized carbons (Fsp3) is 0.466. The number of aliphatic hydroxyl groups excluding tert-OH is 2. The summed E-state index contributed by atoms with van der Waals surface area (Å²) in [6, 6.07) is 21.6. The van der Waals surface area contributed by atoms with Crippen LogP contribution in [0.5, 0.6) is 23.0 Å². The van der Waals surface area contributed by atoms with Crippen LogP contribution in [0.15, 0.2) is 114 Å². The quantitative estimate of drug-likeness (QED) is 0.0246. The summed E-state index contributed by atoms with van der Waals surface area (Å²) in [5.41, 5.74) is 3.74. The Labute approximate surface area is 437 Å². The summed E-state index contributed by atoms with van der Waals surface area (Å²) >= 11 is 0. The van der Waals surface area contributed by atoms with Crippen molar-refractivity contribution in [2.45, 2.75) is 114 Å². The second-order valence-electron chi connectivity index (χ2n) is 19.9. The van der Waals surface area contributed by atoms with Crippen LogP contribution >= 0.6 is 0 Å². The second-order valence-corrected chi connectivity index (χ2v) is 19.9. The highest BCUT2D eigenvalue weighted by Gasteiger charge is 2.65. The van der Waals surface area contributed by atoms with Crippen molar-refractivity contribution in [3.05, 3.63) is 142 Å². The first-order chi connectivity index (χ1) is 36.5. The third-order valence-electron chi connectivity index (χ3n) is 15.3. The molecule has 17 heteroatoms. The lowest BCUT2D eigenvalue weighted by Gasteiger charge is -2.60. The van der Waals surface area contributed by atoms with Gasteiger partial charge in [0.1, 0.15) is 41.5 Å². The molecule has 8 rings (SSSR count). The first-order valence-corrected chi connectivity index (χ1v) is 26.2. The largest absolute Gasteiger partial charge is 0.497 e. The number of aliphatic hydroxyl groups is 2. The number of hydrogen-bond acceptors (Lipinski definition) is 13. The number of anilines is 1. The minimum atomic E-state index is -1.59. The SMILES string of the molecule is C=CCO[C@@]12Oc3ccc(OC(=O)Nc4ccc(OC)cc4OC)cc3[C@H]3[C@H](CCCCO)[C@@H](CCCCO)C=C(C(=NOCc4ccc([N+](=O)[O-])cc4)C[C@@H]1N(Cc1ccc(F)cc1)C(=O)CCC1CCCC1)[C@H]32. The average Bonchev–Trinajstić information content (AvgIpc) is 3.96. The van der Waals surface area contributed by atoms with E-state index in [-0.39, 0.29) is 75.0 Å². The number of fused-ring (bicyclic) bond motifs is 2. The first kappa shape index (κ1) is 54.4. The molecule has 3 aliphatic carbocycles. The lowest BCUT2D eigenvalue weighted by molar-refractivity contribution is -0.384. The average molecular weight is 1030 g/mol. The third kappa shape index (κ3) is 12.8.